The Morgan fingerprint density at radius 1 is 0.448 bits per heavy atom. The molecule has 0 bridgehead atoms. The Labute approximate surface area is 342 Å². The van der Waals surface area contributed by atoms with Crippen LogP contribution in [-0.4, -0.2) is 137 Å². The number of nitrogens with two attached hydrogens (primary N) is 1. The van der Waals surface area contributed by atoms with Gasteiger partial charge in [-0.1, -0.05) is 77.0 Å². The summed E-state index contributed by atoms with van der Waals surface area (Å²) in [5.41, 5.74) is 4.83. The molecule has 0 radical (unpaired) electrons. The van der Waals surface area contributed by atoms with Gasteiger partial charge in [-0.3, -0.25) is 28.8 Å². The summed E-state index contributed by atoms with van der Waals surface area (Å²) in [6.45, 7) is 1.71. The first-order chi connectivity index (χ1) is 28.0. The van der Waals surface area contributed by atoms with Gasteiger partial charge in [0.25, 0.3) is 0 Å². The number of carbonyl (C=O) groups excluding carboxylic acids is 5. The lowest BCUT2D eigenvalue weighted by molar-refractivity contribution is -0.137. The summed E-state index contributed by atoms with van der Waals surface area (Å²) in [4.78, 5) is 80.9. The molecule has 58 heavy (non-hydrogen) atoms. The smallest absolute Gasteiger partial charge is 0.352 e. The molecule has 19 nitrogen and oxygen atoms in total. The lowest BCUT2D eigenvalue weighted by Gasteiger charge is -2.09. The minimum Gasteiger partial charge on any atom is -0.481 e. The Kier molecular flexibility index (Phi) is 36.8. The summed E-state index contributed by atoms with van der Waals surface area (Å²) in [7, 11) is 0. The topological polar surface area (TPSA) is 283 Å². The second kappa shape index (κ2) is 39.6. The van der Waals surface area contributed by atoms with Crippen molar-refractivity contribution in [2.45, 2.75) is 109 Å². The largest absolute Gasteiger partial charge is 0.481 e. The molecule has 0 aliphatic rings. The van der Waals surface area contributed by atoms with Gasteiger partial charge in [0.1, 0.15) is 18.9 Å². The van der Waals surface area contributed by atoms with E-state index in [-0.39, 0.29) is 128 Å². The van der Waals surface area contributed by atoms with Gasteiger partial charge in [0, 0.05) is 45.4 Å². The Morgan fingerprint density at radius 2 is 0.845 bits per heavy atom. The number of amides is 5. The van der Waals surface area contributed by atoms with Gasteiger partial charge in [0.15, 0.2) is 0 Å². The lowest BCUT2D eigenvalue weighted by Crippen LogP contribution is -2.38. The zero-order valence-corrected chi connectivity index (χ0v) is 34.3. The maximum absolute atomic E-state index is 12.3. The van der Waals surface area contributed by atoms with E-state index in [0.29, 0.717) is 6.42 Å². The molecule has 0 spiro atoms. The normalized spacial score (nSPS) is 11.2. The number of hydrogen-bond acceptors (Lipinski definition) is 12. The first-order valence-corrected chi connectivity index (χ1v) is 20.6. The number of carbonyl (C=O) groups is 7. The number of carboxylic acids is 2. The van der Waals surface area contributed by atoms with E-state index < -0.39 is 23.8 Å². The summed E-state index contributed by atoms with van der Waals surface area (Å²) in [6.07, 6.45) is 16.3. The molecule has 0 aliphatic heterocycles. The van der Waals surface area contributed by atoms with E-state index in [2.05, 4.69) is 26.6 Å². The van der Waals surface area contributed by atoms with Gasteiger partial charge >= 0.3 is 11.9 Å². The fraction of sp³-hybridized carbons (Fsp3) is 0.769. The van der Waals surface area contributed by atoms with Crippen LogP contribution in [0.5, 0.6) is 0 Å². The van der Waals surface area contributed by atoms with Gasteiger partial charge < -0.3 is 61.5 Å². The van der Waals surface area contributed by atoms with Crippen LogP contribution in [0.1, 0.15) is 109 Å². The van der Waals surface area contributed by atoms with Crippen molar-refractivity contribution in [2.24, 2.45) is 5.73 Å². The SMILES string of the molecule is NCC(=O)NCCNC(=O)COCCOCCNC(=O)COCCOCCNC(=O)C/C=C(/NC(=O)CCCCCCCCCCCCCCCCC(=O)O)C(=O)O. The van der Waals surface area contributed by atoms with E-state index >= 15 is 0 Å². The van der Waals surface area contributed by atoms with Crippen molar-refractivity contribution in [3.63, 3.8) is 0 Å². The van der Waals surface area contributed by atoms with E-state index in [1.165, 1.54) is 44.6 Å². The highest BCUT2D eigenvalue weighted by Crippen LogP contribution is 2.14. The molecule has 19 heteroatoms. The predicted octanol–water partition coefficient (Wildman–Crippen LogP) is 1.28. The van der Waals surface area contributed by atoms with E-state index in [1.807, 2.05) is 0 Å². The van der Waals surface area contributed by atoms with E-state index in [1.54, 1.807) is 0 Å². The van der Waals surface area contributed by atoms with Gasteiger partial charge in [-0.25, -0.2) is 4.79 Å². The lowest BCUT2D eigenvalue weighted by atomic mass is 10.0. The molecule has 0 aromatic heterocycles. The molecule has 0 aromatic rings. The summed E-state index contributed by atoms with van der Waals surface area (Å²) < 4.78 is 21.1. The highest BCUT2D eigenvalue weighted by molar-refractivity contribution is 5.93. The van der Waals surface area contributed by atoms with Crippen LogP contribution in [0, 0.1) is 0 Å². The number of aliphatic carboxylic acids is 2. The molecular formula is C39H70N6O13. The quantitative estimate of drug-likeness (QED) is 0.0319. The van der Waals surface area contributed by atoms with Crippen molar-refractivity contribution < 1.29 is 62.7 Å². The minimum atomic E-state index is -1.33. The van der Waals surface area contributed by atoms with Crippen molar-refractivity contribution in [3.8, 4) is 0 Å². The molecular weight excluding hydrogens is 760 g/mol. The number of rotatable bonds is 41. The average Bonchev–Trinajstić information content (AvgIpc) is 3.19. The number of nitrogens with one attached hydrogen (secondary N) is 5. The van der Waals surface area contributed by atoms with Crippen LogP contribution < -0.4 is 32.3 Å². The first kappa shape index (κ1) is 53.8. The summed E-state index contributed by atoms with van der Waals surface area (Å²) in [5.74, 6) is -3.85. The van der Waals surface area contributed by atoms with Crippen LogP contribution in [0.4, 0.5) is 0 Å². The third-order valence-corrected chi connectivity index (χ3v) is 8.34. The molecule has 0 aromatic carbocycles. The Morgan fingerprint density at radius 3 is 1.29 bits per heavy atom. The first-order valence-electron chi connectivity index (χ1n) is 20.6. The molecule has 0 atom stereocenters. The third kappa shape index (κ3) is 38.7. The fourth-order valence-electron chi connectivity index (χ4n) is 5.23. The predicted molar refractivity (Wildman–Crippen MR) is 214 cm³/mol. The van der Waals surface area contributed by atoms with Crippen molar-refractivity contribution in [3.05, 3.63) is 11.8 Å². The average molecular weight is 831 g/mol. The molecule has 0 rings (SSSR count). The number of ether oxygens (including phenoxy) is 4. The third-order valence-electron chi connectivity index (χ3n) is 8.34. The van der Waals surface area contributed by atoms with Gasteiger partial charge in [-0.2, -0.15) is 0 Å². The standard InChI is InChI=1S/C39H70N6O13/c40-29-35(48)41-19-20-42-36(49)30-57-27-26-56-24-22-44-37(50)31-58-28-25-55-23-21-43-33(46)18-17-32(39(53)54)45-34(47)15-13-11-9-7-5-3-1-2-4-6-8-10-12-14-16-38(51)52/h17H,1-16,18-31,40H2,(H,41,48)(H,42,49)(H,43,46)(H,44,50)(H,45,47)(H,51,52)(H,53,54)/b32-17+. The highest BCUT2D eigenvalue weighted by atomic mass is 16.5. The van der Waals surface area contributed by atoms with Crippen LogP contribution in [-0.2, 0) is 52.5 Å². The number of unbranched alkanes of at least 4 members (excludes halogenated alkanes) is 13. The molecule has 0 saturated carbocycles. The molecule has 5 amide bonds. The van der Waals surface area contributed by atoms with Gasteiger partial charge in [0.05, 0.1) is 46.2 Å². The highest BCUT2D eigenvalue weighted by Gasteiger charge is 2.12. The fourth-order valence-corrected chi connectivity index (χ4v) is 5.23. The second-order valence-corrected chi connectivity index (χ2v) is 13.5. The molecule has 0 fully saturated rings. The number of carboxylic acid groups (broad SMARTS) is 2. The Bertz CT molecular complexity index is 1190. The summed E-state index contributed by atoms with van der Waals surface area (Å²) >= 11 is 0. The Balaban J connectivity index is 3.71. The number of hydrogen-bond donors (Lipinski definition) is 8. The van der Waals surface area contributed by atoms with Crippen molar-refractivity contribution in [1.82, 2.24) is 26.6 Å². The molecule has 0 unspecified atom stereocenters. The molecule has 9 N–H and O–H groups in total. The maximum Gasteiger partial charge on any atom is 0.352 e. The van der Waals surface area contributed by atoms with Gasteiger partial charge in [-0.15, -0.1) is 0 Å². The van der Waals surface area contributed by atoms with Gasteiger partial charge in [-0.05, 0) is 18.9 Å². The maximum atomic E-state index is 12.3. The zero-order chi connectivity index (χ0) is 42.9. The zero-order valence-electron chi connectivity index (χ0n) is 34.3. The second-order valence-electron chi connectivity index (χ2n) is 13.5. The van der Waals surface area contributed by atoms with Crippen LogP contribution >= 0.6 is 0 Å². The van der Waals surface area contributed by atoms with E-state index in [9.17, 15) is 38.7 Å². The monoisotopic (exact) mass is 831 g/mol. The van der Waals surface area contributed by atoms with Crippen molar-refractivity contribution in [1.29, 1.82) is 0 Å². The molecule has 0 saturated heterocycles. The molecule has 0 heterocycles. The minimum absolute atomic E-state index is 0.113. The van der Waals surface area contributed by atoms with Crippen LogP contribution in [0.3, 0.4) is 0 Å². The van der Waals surface area contributed by atoms with Crippen LogP contribution in [0.15, 0.2) is 11.8 Å². The van der Waals surface area contributed by atoms with Crippen molar-refractivity contribution >= 4 is 41.5 Å². The molecule has 0 aliphatic carbocycles. The summed E-state index contributed by atoms with van der Waals surface area (Å²) in [5, 5.41) is 30.8. The summed E-state index contributed by atoms with van der Waals surface area (Å²) in [6, 6.07) is 0. The van der Waals surface area contributed by atoms with Crippen molar-refractivity contribution in [2.75, 3.05) is 85.6 Å². The van der Waals surface area contributed by atoms with Gasteiger partial charge in [0.2, 0.25) is 29.5 Å². The van der Waals surface area contributed by atoms with Crippen LogP contribution in [0.25, 0.3) is 0 Å². The van der Waals surface area contributed by atoms with E-state index in [4.69, 9.17) is 29.8 Å². The van der Waals surface area contributed by atoms with E-state index in [0.717, 1.165) is 44.9 Å². The molecule has 334 valence electrons. The van der Waals surface area contributed by atoms with Crippen LogP contribution in [0.2, 0.25) is 0 Å². The Hall–Kier alpha value is -4.17.